The molecule has 2 aliphatic carbocycles. The summed E-state index contributed by atoms with van der Waals surface area (Å²) < 4.78 is 0. The molecule has 3 N–H and O–H groups in total. The fourth-order valence-electron chi connectivity index (χ4n) is 3.06. The maximum absolute atomic E-state index is 11.9. The number of hydrogen-bond acceptors (Lipinski definition) is 2. The van der Waals surface area contributed by atoms with Gasteiger partial charge in [0.2, 0.25) is 5.91 Å². The van der Waals surface area contributed by atoms with Crippen molar-refractivity contribution in [2.75, 3.05) is 0 Å². The molecule has 0 aromatic heterocycles. The number of rotatable bonds is 5. The lowest BCUT2D eigenvalue weighted by Crippen LogP contribution is -2.44. The molecule has 3 unspecified atom stereocenters. The predicted molar refractivity (Wildman–Crippen MR) is 69.5 cm³/mol. The van der Waals surface area contributed by atoms with E-state index in [1.807, 2.05) is 0 Å². The minimum absolute atomic E-state index is 0.0960. The van der Waals surface area contributed by atoms with Gasteiger partial charge in [0.25, 0.3) is 0 Å². The molecule has 0 spiro atoms. The van der Waals surface area contributed by atoms with E-state index in [2.05, 4.69) is 12.2 Å². The van der Waals surface area contributed by atoms with Crippen molar-refractivity contribution in [3.8, 4) is 0 Å². The summed E-state index contributed by atoms with van der Waals surface area (Å²) in [5, 5.41) is 3.21. The summed E-state index contributed by atoms with van der Waals surface area (Å²) in [5.41, 5.74) is 5.99. The Hall–Kier alpha value is -0.570. The lowest BCUT2D eigenvalue weighted by Gasteiger charge is -2.31. The molecular formula is C14H26N2O. The molecule has 2 rings (SSSR count). The molecule has 3 atom stereocenters. The van der Waals surface area contributed by atoms with E-state index in [0.29, 0.717) is 24.3 Å². The number of hydrogen-bond donors (Lipinski definition) is 2. The van der Waals surface area contributed by atoms with Gasteiger partial charge in [-0.2, -0.15) is 0 Å². The number of nitrogens with one attached hydrogen (secondary N) is 1. The number of carbonyl (C=O) groups is 1. The van der Waals surface area contributed by atoms with Crippen LogP contribution in [0.2, 0.25) is 0 Å². The van der Waals surface area contributed by atoms with Gasteiger partial charge in [-0.05, 0) is 37.5 Å². The standard InChI is InChI=1S/C14H26N2O/c1-2-10-5-3-4-6-13(10)16-14(17)9-12(15)11-7-8-11/h10-13H,2-9,15H2,1H3,(H,16,17). The molecule has 1 amide bonds. The highest BCUT2D eigenvalue weighted by molar-refractivity contribution is 5.77. The molecule has 3 heteroatoms. The summed E-state index contributed by atoms with van der Waals surface area (Å²) in [5.74, 6) is 1.48. The second kappa shape index (κ2) is 5.85. The first-order chi connectivity index (χ1) is 8.20. The van der Waals surface area contributed by atoms with Crippen LogP contribution in [0.15, 0.2) is 0 Å². The molecule has 0 aliphatic heterocycles. The Labute approximate surface area is 105 Å². The average molecular weight is 238 g/mol. The second-order valence-corrected chi connectivity index (χ2v) is 5.83. The highest BCUT2D eigenvalue weighted by Gasteiger charge is 2.31. The molecule has 0 saturated heterocycles. The Morgan fingerprint density at radius 1 is 1.29 bits per heavy atom. The first-order valence-electron chi connectivity index (χ1n) is 7.25. The van der Waals surface area contributed by atoms with Crippen LogP contribution in [-0.4, -0.2) is 18.0 Å². The van der Waals surface area contributed by atoms with Crippen LogP contribution in [0.5, 0.6) is 0 Å². The van der Waals surface area contributed by atoms with E-state index in [-0.39, 0.29) is 11.9 Å². The van der Waals surface area contributed by atoms with Crippen LogP contribution in [-0.2, 0) is 4.79 Å². The molecule has 0 heterocycles. The van der Waals surface area contributed by atoms with Crippen LogP contribution in [0.3, 0.4) is 0 Å². The van der Waals surface area contributed by atoms with Crippen molar-refractivity contribution in [2.45, 2.75) is 70.4 Å². The molecule has 0 aromatic rings. The van der Waals surface area contributed by atoms with Crippen molar-refractivity contribution in [3.63, 3.8) is 0 Å². The fourth-order valence-corrected chi connectivity index (χ4v) is 3.06. The average Bonchev–Trinajstić information content (AvgIpc) is 3.13. The van der Waals surface area contributed by atoms with Crippen LogP contribution < -0.4 is 11.1 Å². The van der Waals surface area contributed by atoms with E-state index in [4.69, 9.17) is 5.73 Å². The van der Waals surface area contributed by atoms with E-state index in [9.17, 15) is 4.79 Å². The van der Waals surface area contributed by atoms with Gasteiger partial charge in [0.1, 0.15) is 0 Å². The van der Waals surface area contributed by atoms with Gasteiger partial charge in [-0.3, -0.25) is 4.79 Å². The summed E-state index contributed by atoms with van der Waals surface area (Å²) in [7, 11) is 0. The highest BCUT2D eigenvalue weighted by atomic mass is 16.1. The molecule has 2 saturated carbocycles. The monoisotopic (exact) mass is 238 g/mol. The summed E-state index contributed by atoms with van der Waals surface area (Å²) in [6, 6.07) is 0.506. The normalized spacial score (nSPS) is 30.9. The zero-order valence-electron chi connectivity index (χ0n) is 11.0. The minimum Gasteiger partial charge on any atom is -0.353 e. The Kier molecular flexibility index (Phi) is 4.43. The highest BCUT2D eigenvalue weighted by Crippen LogP contribution is 2.33. The second-order valence-electron chi connectivity index (χ2n) is 5.83. The first-order valence-corrected chi connectivity index (χ1v) is 7.25. The Bertz CT molecular complexity index is 263. The number of carbonyl (C=O) groups excluding carboxylic acids is 1. The van der Waals surface area contributed by atoms with Gasteiger partial charge in [-0.25, -0.2) is 0 Å². The van der Waals surface area contributed by atoms with Gasteiger partial charge in [0.15, 0.2) is 0 Å². The lowest BCUT2D eigenvalue weighted by molar-refractivity contribution is -0.122. The molecule has 98 valence electrons. The molecule has 0 bridgehead atoms. The summed E-state index contributed by atoms with van der Waals surface area (Å²) in [6.45, 7) is 2.23. The van der Waals surface area contributed by atoms with Gasteiger partial charge in [0, 0.05) is 18.5 Å². The summed E-state index contributed by atoms with van der Waals surface area (Å²) in [4.78, 5) is 11.9. The number of amides is 1. The van der Waals surface area contributed by atoms with Crippen molar-refractivity contribution in [1.82, 2.24) is 5.32 Å². The van der Waals surface area contributed by atoms with Crippen LogP contribution in [0.4, 0.5) is 0 Å². The zero-order chi connectivity index (χ0) is 12.3. The van der Waals surface area contributed by atoms with Crippen molar-refractivity contribution < 1.29 is 4.79 Å². The molecule has 0 aromatic carbocycles. The smallest absolute Gasteiger partial charge is 0.221 e. The Morgan fingerprint density at radius 3 is 2.65 bits per heavy atom. The van der Waals surface area contributed by atoms with E-state index >= 15 is 0 Å². The predicted octanol–water partition coefficient (Wildman–Crippen LogP) is 2.20. The third-order valence-electron chi connectivity index (χ3n) is 4.43. The minimum atomic E-state index is 0.0960. The number of nitrogens with two attached hydrogens (primary N) is 1. The molecule has 0 radical (unpaired) electrons. The maximum atomic E-state index is 11.9. The van der Waals surface area contributed by atoms with Crippen molar-refractivity contribution >= 4 is 5.91 Å². The van der Waals surface area contributed by atoms with E-state index < -0.39 is 0 Å². The van der Waals surface area contributed by atoms with Gasteiger partial charge in [0.05, 0.1) is 0 Å². The first kappa shape index (κ1) is 12.9. The Balaban J connectivity index is 1.75. The summed E-state index contributed by atoms with van der Waals surface area (Å²) in [6.07, 6.45) is 9.16. The Morgan fingerprint density at radius 2 is 2.00 bits per heavy atom. The van der Waals surface area contributed by atoms with E-state index in [1.54, 1.807) is 0 Å². The van der Waals surface area contributed by atoms with E-state index in [0.717, 1.165) is 6.42 Å². The third kappa shape index (κ3) is 3.70. The van der Waals surface area contributed by atoms with Gasteiger partial charge in [-0.15, -0.1) is 0 Å². The maximum Gasteiger partial charge on any atom is 0.221 e. The largest absolute Gasteiger partial charge is 0.353 e. The van der Waals surface area contributed by atoms with Gasteiger partial charge < -0.3 is 11.1 Å². The summed E-state index contributed by atoms with van der Waals surface area (Å²) >= 11 is 0. The quantitative estimate of drug-likeness (QED) is 0.771. The van der Waals surface area contributed by atoms with Crippen LogP contribution in [0, 0.1) is 11.8 Å². The topological polar surface area (TPSA) is 55.1 Å². The lowest BCUT2D eigenvalue weighted by atomic mass is 9.83. The molecular weight excluding hydrogens is 212 g/mol. The van der Waals surface area contributed by atoms with Gasteiger partial charge >= 0.3 is 0 Å². The zero-order valence-corrected chi connectivity index (χ0v) is 11.0. The van der Waals surface area contributed by atoms with Gasteiger partial charge in [-0.1, -0.05) is 26.2 Å². The van der Waals surface area contributed by atoms with Crippen molar-refractivity contribution in [2.24, 2.45) is 17.6 Å². The van der Waals surface area contributed by atoms with Crippen LogP contribution >= 0.6 is 0 Å². The molecule has 17 heavy (non-hydrogen) atoms. The molecule has 2 aliphatic rings. The van der Waals surface area contributed by atoms with Crippen LogP contribution in [0.25, 0.3) is 0 Å². The van der Waals surface area contributed by atoms with Crippen molar-refractivity contribution in [3.05, 3.63) is 0 Å². The fraction of sp³-hybridized carbons (Fsp3) is 0.929. The molecule has 2 fully saturated rings. The van der Waals surface area contributed by atoms with Crippen LogP contribution in [0.1, 0.15) is 58.3 Å². The van der Waals surface area contributed by atoms with E-state index in [1.165, 1.54) is 38.5 Å². The molecule has 3 nitrogen and oxygen atoms in total. The SMILES string of the molecule is CCC1CCCCC1NC(=O)CC(N)C1CC1. The third-order valence-corrected chi connectivity index (χ3v) is 4.43. The van der Waals surface area contributed by atoms with Crippen molar-refractivity contribution in [1.29, 1.82) is 0 Å².